The number of aromatic nitrogens is 1. The highest BCUT2D eigenvalue weighted by atomic mass is 32.1. The molecule has 0 atom stereocenters. The Hall–Kier alpha value is -2.86. The van der Waals surface area contributed by atoms with E-state index < -0.39 is 0 Å². The second kappa shape index (κ2) is 6.80. The van der Waals surface area contributed by atoms with E-state index in [2.05, 4.69) is 17.1 Å². The van der Waals surface area contributed by atoms with Gasteiger partial charge in [0.25, 0.3) is 0 Å². The molecule has 0 unspecified atom stereocenters. The van der Waals surface area contributed by atoms with Crippen LogP contribution in [0.25, 0.3) is 11.3 Å². The van der Waals surface area contributed by atoms with Crippen molar-refractivity contribution < 1.29 is 14.6 Å². The zero-order valence-corrected chi connectivity index (χ0v) is 15.3. The molecule has 0 saturated carbocycles. The third-order valence-corrected chi connectivity index (χ3v) is 5.46. The van der Waals surface area contributed by atoms with Crippen molar-refractivity contribution in [3.05, 3.63) is 52.4 Å². The molecule has 0 aliphatic heterocycles. The Bertz CT molecular complexity index is 995. The van der Waals surface area contributed by atoms with Crippen LogP contribution in [0.5, 0.6) is 17.2 Å². The monoisotopic (exact) mass is 366 g/mol. The summed E-state index contributed by atoms with van der Waals surface area (Å²) in [4.78, 5) is 10.4. The molecule has 1 aromatic heterocycles. The third kappa shape index (κ3) is 2.93. The predicted molar refractivity (Wildman–Crippen MR) is 103 cm³/mol. The number of benzene rings is 2. The van der Waals surface area contributed by atoms with Gasteiger partial charge in [-0.1, -0.05) is 17.4 Å². The van der Waals surface area contributed by atoms with Crippen LogP contribution in [0, 0.1) is 0 Å². The quantitative estimate of drug-likeness (QED) is 0.696. The molecule has 1 aliphatic carbocycles. The summed E-state index contributed by atoms with van der Waals surface area (Å²) >= 11 is 1.59. The molecule has 0 bridgehead atoms. The highest BCUT2D eigenvalue weighted by Gasteiger charge is 2.21. The number of hydrogen-bond donors (Lipinski definition) is 1. The molecule has 1 N–H and O–H groups in total. The Labute approximate surface area is 155 Å². The number of aromatic hydroxyl groups is 1. The lowest BCUT2D eigenvalue weighted by atomic mass is 9.93. The maximum Gasteiger partial charge on any atom is 0.209 e. The van der Waals surface area contributed by atoms with Crippen molar-refractivity contribution in [2.24, 2.45) is 4.99 Å². The van der Waals surface area contributed by atoms with Gasteiger partial charge in [-0.2, -0.15) is 0 Å². The molecule has 26 heavy (non-hydrogen) atoms. The van der Waals surface area contributed by atoms with Crippen molar-refractivity contribution in [3.63, 3.8) is 0 Å². The minimum atomic E-state index is 0.0810. The van der Waals surface area contributed by atoms with E-state index in [1.165, 1.54) is 17.6 Å². The maximum atomic E-state index is 10.2. The number of thiazole rings is 1. The summed E-state index contributed by atoms with van der Waals surface area (Å²) in [7, 11) is 3.21. The number of phenols is 1. The van der Waals surface area contributed by atoms with E-state index in [9.17, 15) is 5.11 Å². The van der Waals surface area contributed by atoms with Crippen molar-refractivity contribution in [2.45, 2.75) is 12.8 Å². The van der Waals surface area contributed by atoms with E-state index in [0.717, 1.165) is 29.8 Å². The maximum absolute atomic E-state index is 10.2. The highest BCUT2D eigenvalue weighted by Crippen LogP contribution is 2.40. The van der Waals surface area contributed by atoms with Gasteiger partial charge in [0.15, 0.2) is 11.5 Å². The molecule has 3 aromatic rings. The van der Waals surface area contributed by atoms with Gasteiger partial charge in [-0.15, -0.1) is 0 Å². The van der Waals surface area contributed by atoms with Crippen LogP contribution in [0.3, 0.4) is 0 Å². The molecule has 5 nitrogen and oxygen atoms in total. The lowest BCUT2D eigenvalue weighted by molar-refractivity contribution is 0.373. The van der Waals surface area contributed by atoms with Crippen LogP contribution in [0.4, 0.5) is 5.13 Å². The average Bonchev–Trinajstić information content (AvgIpc) is 3.10. The average molecular weight is 366 g/mol. The lowest BCUT2D eigenvalue weighted by Gasteiger charge is -2.15. The molecule has 0 saturated heterocycles. The molecular formula is C20H18N2O3S. The van der Waals surface area contributed by atoms with Crippen molar-refractivity contribution in [3.8, 4) is 28.5 Å². The molecule has 0 radical (unpaired) electrons. The minimum absolute atomic E-state index is 0.0810. The molecule has 2 aromatic carbocycles. The van der Waals surface area contributed by atoms with Crippen molar-refractivity contribution in [1.82, 2.24) is 4.98 Å². The number of para-hydroxylation sites is 1. The van der Waals surface area contributed by atoms with E-state index in [-0.39, 0.29) is 5.75 Å². The fourth-order valence-electron chi connectivity index (χ4n) is 3.09. The second-order valence-corrected chi connectivity index (χ2v) is 7.01. The van der Waals surface area contributed by atoms with E-state index in [0.29, 0.717) is 16.4 Å². The lowest BCUT2D eigenvalue weighted by Crippen LogP contribution is -2.02. The summed E-state index contributed by atoms with van der Waals surface area (Å²) in [6.07, 6.45) is 3.55. The Balaban J connectivity index is 1.66. The number of phenolic OH excluding ortho intramolecular Hbond substituents is 1. The largest absolute Gasteiger partial charge is 0.504 e. The molecule has 1 heterocycles. The van der Waals surface area contributed by atoms with Crippen LogP contribution < -0.4 is 9.47 Å². The molecule has 6 heteroatoms. The van der Waals surface area contributed by atoms with E-state index in [4.69, 9.17) is 14.5 Å². The fourth-order valence-corrected chi connectivity index (χ4v) is 4.01. The fraction of sp³-hybridized carbons (Fsp3) is 0.200. The SMILES string of the molecule is COc1ccc2c(c1)CCc1sc(N=Cc3cccc(OC)c3O)nc1-2. The smallest absolute Gasteiger partial charge is 0.209 e. The Morgan fingerprint density at radius 2 is 2.04 bits per heavy atom. The summed E-state index contributed by atoms with van der Waals surface area (Å²) in [6, 6.07) is 11.4. The first kappa shape index (κ1) is 16.6. The van der Waals surface area contributed by atoms with Gasteiger partial charge in [0.2, 0.25) is 5.13 Å². The van der Waals surface area contributed by atoms with Crippen molar-refractivity contribution in [2.75, 3.05) is 14.2 Å². The molecular weight excluding hydrogens is 348 g/mol. The number of fused-ring (bicyclic) bond motifs is 3. The van der Waals surface area contributed by atoms with Crippen LogP contribution in [-0.2, 0) is 12.8 Å². The Kier molecular flexibility index (Phi) is 4.34. The van der Waals surface area contributed by atoms with Crippen LogP contribution in [0.2, 0.25) is 0 Å². The first-order chi connectivity index (χ1) is 12.7. The molecule has 0 fully saturated rings. The number of aryl methyl sites for hydroxylation is 2. The summed E-state index contributed by atoms with van der Waals surface area (Å²) < 4.78 is 10.4. The van der Waals surface area contributed by atoms with Crippen LogP contribution in [-0.4, -0.2) is 30.5 Å². The molecule has 0 amide bonds. The van der Waals surface area contributed by atoms with Gasteiger partial charge in [0, 0.05) is 22.2 Å². The van der Waals surface area contributed by atoms with Gasteiger partial charge in [0.1, 0.15) is 5.75 Å². The number of nitrogens with zero attached hydrogens (tertiary/aromatic N) is 2. The second-order valence-electron chi connectivity index (χ2n) is 5.95. The number of hydrogen-bond acceptors (Lipinski definition) is 6. The third-order valence-electron chi connectivity index (χ3n) is 4.44. The highest BCUT2D eigenvalue weighted by molar-refractivity contribution is 7.15. The van der Waals surface area contributed by atoms with Gasteiger partial charge in [-0.25, -0.2) is 9.98 Å². The number of ether oxygens (including phenoxy) is 2. The summed E-state index contributed by atoms with van der Waals surface area (Å²) in [5.41, 5.74) is 4.00. The zero-order valence-electron chi connectivity index (χ0n) is 14.5. The standard InChI is InChI=1S/C20H18N2O3S/c1-24-14-7-8-15-12(10-14)6-9-17-18(15)22-20(26-17)21-11-13-4-3-5-16(25-2)19(13)23/h3-5,7-8,10-11,23H,6,9H2,1-2H3. The predicted octanol–water partition coefficient (Wildman–Crippen LogP) is 4.38. The minimum Gasteiger partial charge on any atom is -0.504 e. The number of methoxy groups -OCH3 is 2. The summed E-state index contributed by atoms with van der Waals surface area (Å²) in [6.45, 7) is 0. The molecule has 0 spiro atoms. The van der Waals surface area contributed by atoms with E-state index in [1.807, 2.05) is 12.1 Å². The first-order valence-electron chi connectivity index (χ1n) is 8.26. The Morgan fingerprint density at radius 3 is 2.85 bits per heavy atom. The van der Waals surface area contributed by atoms with Gasteiger partial charge in [0.05, 0.1) is 19.9 Å². The van der Waals surface area contributed by atoms with Crippen molar-refractivity contribution in [1.29, 1.82) is 0 Å². The van der Waals surface area contributed by atoms with E-state index in [1.54, 1.807) is 36.8 Å². The normalized spacial score (nSPS) is 12.7. The number of aliphatic imine (C=N–C) groups is 1. The van der Waals surface area contributed by atoms with Gasteiger partial charge in [-0.3, -0.25) is 0 Å². The molecule has 1 aliphatic rings. The van der Waals surface area contributed by atoms with Gasteiger partial charge < -0.3 is 14.6 Å². The Morgan fingerprint density at radius 1 is 1.15 bits per heavy atom. The topological polar surface area (TPSA) is 63.9 Å². The van der Waals surface area contributed by atoms with Crippen LogP contribution >= 0.6 is 11.3 Å². The van der Waals surface area contributed by atoms with Crippen molar-refractivity contribution >= 4 is 22.7 Å². The first-order valence-corrected chi connectivity index (χ1v) is 9.08. The summed E-state index contributed by atoms with van der Waals surface area (Å²) in [5.74, 6) is 1.38. The number of rotatable bonds is 4. The summed E-state index contributed by atoms with van der Waals surface area (Å²) in [5, 5.41) is 10.8. The molecule has 132 valence electrons. The van der Waals surface area contributed by atoms with E-state index >= 15 is 0 Å². The van der Waals surface area contributed by atoms with Crippen LogP contribution in [0.15, 0.2) is 41.4 Å². The van der Waals surface area contributed by atoms with Gasteiger partial charge >= 0.3 is 0 Å². The van der Waals surface area contributed by atoms with Crippen LogP contribution in [0.1, 0.15) is 16.0 Å². The zero-order chi connectivity index (χ0) is 18.1. The van der Waals surface area contributed by atoms with Gasteiger partial charge in [-0.05, 0) is 48.7 Å². The molecule has 4 rings (SSSR count).